The number of halogens is 2. The molecule has 0 fully saturated rings. The third-order valence-electron chi connectivity index (χ3n) is 2.97. The van der Waals surface area contributed by atoms with Crippen molar-refractivity contribution in [2.24, 2.45) is 0 Å². The molecular formula is C16H10Br2N2O. The molecule has 21 heavy (non-hydrogen) atoms. The molecule has 0 atom stereocenters. The largest absolute Gasteiger partial charge is 0.321 e. The summed E-state index contributed by atoms with van der Waals surface area (Å²) in [5.74, 6) is -0.172. The average molecular weight is 406 g/mol. The maximum Gasteiger partial charge on any atom is 0.255 e. The van der Waals surface area contributed by atoms with Gasteiger partial charge in [0.25, 0.3) is 5.91 Å². The van der Waals surface area contributed by atoms with Gasteiger partial charge in [-0.05, 0) is 30.3 Å². The Balaban J connectivity index is 1.88. The lowest BCUT2D eigenvalue weighted by molar-refractivity contribution is 0.102. The Morgan fingerprint density at radius 3 is 2.48 bits per heavy atom. The Morgan fingerprint density at radius 2 is 1.71 bits per heavy atom. The SMILES string of the molecule is O=C(Nc1cnc2ccccc2c1)c1cc(Br)cc(Br)c1. The summed E-state index contributed by atoms with van der Waals surface area (Å²) in [4.78, 5) is 16.6. The number of hydrogen-bond acceptors (Lipinski definition) is 2. The van der Waals surface area contributed by atoms with Gasteiger partial charge in [-0.25, -0.2) is 0 Å². The van der Waals surface area contributed by atoms with E-state index in [0.29, 0.717) is 11.3 Å². The summed E-state index contributed by atoms with van der Waals surface area (Å²) in [5.41, 5.74) is 2.15. The predicted molar refractivity (Wildman–Crippen MR) is 91.5 cm³/mol. The van der Waals surface area contributed by atoms with Crippen LogP contribution >= 0.6 is 31.9 Å². The van der Waals surface area contributed by atoms with E-state index in [0.717, 1.165) is 19.8 Å². The molecule has 3 rings (SSSR count). The molecule has 0 bridgehead atoms. The zero-order valence-electron chi connectivity index (χ0n) is 10.8. The molecule has 5 heteroatoms. The molecule has 0 unspecified atom stereocenters. The first-order chi connectivity index (χ1) is 10.1. The van der Waals surface area contributed by atoms with Gasteiger partial charge >= 0.3 is 0 Å². The van der Waals surface area contributed by atoms with Crippen molar-refractivity contribution in [3.05, 3.63) is 69.2 Å². The maximum absolute atomic E-state index is 12.3. The van der Waals surface area contributed by atoms with Crippen molar-refractivity contribution in [1.29, 1.82) is 0 Å². The highest BCUT2D eigenvalue weighted by Crippen LogP contribution is 2.22. The van der Waals surface area contributed by atoms with Gasteiger partial charge in [-0.2, -0.15) is 0 Å². The van der Waals surface area contributed by atoms with E-state index in [2.05, 4.69) is 42.2 Å². The summed E-state index contributed by atoms with van der Waals surface area (Å²) in [5, 5.41) is 3.85. The lowest BCUT2D eigenvalue weighted by Gasteiger charge is -2.07. The number of nitrogens with zero attached hydrogens (tertiary/aromatic N) is 1. The molecule has 0 spiro atoms. The van der Waals surface area contributed by atoms with E-state index in [9.17, 15) is 4.79 Å². The summed E-state index contributed by atoms with van der Waals surface area (Å²) >= 11 is 6.75. The number of amides is 1. The topological polar surface area (TPSA) is 42.0 Å². The quantitative estimate of drug-likeness (QED) is 0.650. The van der Waals surface area contributed by atoms with Gasteiger partial charge in [0.05, 0.1) is 17.4 Å². The van der Waals surface area contributed by atoms with Crippen molar-refractivity contribution < 1.29 is 4.79 Å². The number of rotatable bonds is 2. The van der Waals surface area contributed by atoms with Gasteiger partial charge in [-0.3, -0.25) is 9.78 Å². The number of carbonyl (C=O) groups is 1. The molecule has 0 aliphatic rings. The van der Waals surface area contributed by atoms with Gasteiger partial charge in [0.1, 0.15) is 0 Å². The minimum Gasteiger partial charge on any atom is -0.321 e. The highest BCUT2D eigenvalue weighted by molar-refractivity contribution is 9.11. The molecule has 1 amide bonds. The molecular weight excluding hydrogens is 396 g/mol. The van der Waals surface area contributed by atoms with Crippen LogP contribution < -0.4 is 5.32 Å². The number of carbonyl (C=O) groups excluding carboxylic acids is 1. The Morgan fingerprint density at radius 1 is 1.00 bits per heavy atom. The summed E-state index contributed by atoms with van der Waals surface area (Å²) < 4.78 is 1.69. The molecule has 0 radical (unpaired) electrons. The summed E-state index contributed by atoms with van der Waals surface area (Å²) in [7, 11) is 0. The molecule has 0 aliphatic carbocycles. The number of hydrogen-bond donors (Lipinski definition) is 1. The third-order valence-corrected chi connectivity index (χ3v) is 3.89. The maximum atomic E-state index is 12.3. The van der Waals surface area contributed by atoms with Gasteiger partial charge < -0.3 is 5.32 Å². The molecule has 104 valence electrons. The zero-order chi connectivity index (χ0) is 14.8. The second kappa shape index (κ2) is 5.95. The molecule has 0 saturated heterocycles. The fraction of sp³-hybridized carbons (Fsp3) is 0. The number of aromatic nitrogens is 1. The van der Waals surface area contributed by atoms with Crippen LogP contribution in [0.5, 0.6) is 0 Å². The van der Waals surface area contributed by atoms with Crippen molar-refractivity contribution >= 4 is 54.4 Å². The normalized spacial score (nSPS) is 10.6. The average Bonchev–Trinajstić information content (AvgIpc) is 2.46. The van der Waals surface area contributed by atoms with Crippen LogP contribution in [0.3, 0.4) is 0 Å². The molecule has 0 saturated carbocycles. The Bertz CT molecular complexity index is 813. The van der Waals surface area contributed by atoms with Crippen molar-refractivity contribution in [3.8, 4) is 0 Å². The van der Waals surface area contributed by atoms with Gasteiger partial charge in [-0.1, -0.05) is 50.1 Å². The number of nitrogens with one attached hydrogen (secondary N) is 1. The number of fused-ring (bicyclic) bond motifs is 1. The fourth-order valence-corrected chi connectivity index (χ4v) is 3.32. The van der Waals surface area contributed by atoms with Gasteiger partial charge in [0.2, 0.25) is 0 Å². The van der Waals surface area contributed by atoms with Crippen molar-refractivity contribution in [2.75, 3.05) is 5.32 Å². The number of benzene rings is 2. The zero-order valence-corrected chi connectivity index (χ0v) is 14.0. The molecule has 3 aromatic rings. The van der Waals surface area contributed by atoms with E-state index >= 15 is 0 Å². The number of pyridine rings is 1. The van der Waals surface area contributed by atoms with E-state index < -0.39 is 0 Å². The number of anilines is 1. The molecule has 1 aromatic heterocycles. The van der Waals surface area contributed by atoms with Crippen LogP contribution in [0.1, 0.15) is 10.4 Å². The van der Waals surface area contributed by atoms with Crippen LogP contribution in [-0.4, -0.2) is 10.9 Å². The lowest BCUT2D eigenvalue weighted by atomic mass is 10.2. The summed E-state index contributed by atoms with van der Waals surface area (Å²) in [6, 6.07) is 15.1. The second-order valence-electron chi connectivity index (χ2n) is 4.53. The van der Waals surface area contributed by atoms with Gasteiger partial charge in [-0.15, -0.1) is 0 Å². The highest BCUT2D eigenvalue weighted by Gasteiger charge is 2.08. The first kappa shape index (κ1) is 14.2. The van der Waals surface area contributed by atoms with Crippen LogP contribution in [0.2, 0.25) is 0 Å². The Labute approximate surface area is 138 Å². The first-order valence-electron chi connectivity index (χ1n) is 6.24. The molecule has 0 aliphatic heterocycles. The van der Waals surface area contributed by atoms with Crippen LogP contribution in [0.4, 0.5) is 5.69 Å². The predicted octanol–water partition coefficient (Wildman–Crippen LogP) is 5.01. The van der Waals surface area contributed by atoms with E-state index in [1.807, 2.05) is 36.4 Å². The Hall–Kier alpha value is -1.72. The minimum absolute atomic E-state index is 0.172. The smallest absolute Gasteiger partial charge is 0.255 e. The van der Waals surface area contributed by atoms with Gasteiger partial charge in [0, 0.05) is 19.9 Å². The van der Waals surface area contributed by atoms with Crippen LogP contribution in [-0.2, 0) is 0 Å². The fourth-order valence-electron chi connectivity index (χ4n) is 2.03. The van der Waals surface area contributed by atoms with Crippen LogP contribution in [0, 0.1) is 0 Å². The van der Waals surface area contributed by atoms with E-state index in [1.54, 1.807) is 18.3 Å². The van der Waals surface area contributed by atoms with Gasteiger partial charge in [0.15, 0.2) is 0 Å². The summed E-state index contributed by atoms with van der Waals surface area (Å²) in [6.45, 7) is 0. The third kappa shape index (κ3) is 3.31. The van der Waals surface area contributed by atoms with E-state index in [1.165, 1.54) is 0 Å². The molecule has 1 heterocycles. The van der Waals surface area contributed by atoms with Crippen LogP contribution in [0.25, 0.3) is 10.9 Å². The van der Waals surface area contributed by atoms with Crippen LogP contribution in [0.15, 0.2) is 63.7 Å². The van der Waals surface area contributed by atoms with Crippen molar-refractivity contribution in [2.45, 2.75) is 0 Å². The standard InChI is InChI=1S/C16H10Br2N2O/c17-12-5-11(6-13(18)8-12)16(21)20-14-7-10-3-1-2-4-15(10)19-9-14/h1-9H,(H,20,21). The second-order valence-corrected chi connectivity index (χ2v) is 6.36. The molecule has 3 nitrogen and oxygen atoms in total. The number of para-hydroxylation sites is 1. The molecule has 2 aromatic carbocycles. The van der Waals surface area contributed by atoms with Crippen molar-refractivity contribution in [3.63, 3.8) is 0 Å². The van der Waals surface area contributed by atoms with E-state index in [-0.39, 0.29) is 5.91 Å². The van der Waals surface area contributed by atoms with Crippen molar-refractivity contribution in [1.82, 2.24) is 4.98 Å². The minimum atomic E-state index is -0.172. The summed E-state index contributed by atoms with van der Waals surface area (Å²) in [6.07, 6.45) is 1.66. The van der Waals surface area contributed by atoms with E-state index in [4.69, 9.17) is 0 Å². The highest BCUT2D eigenvalue weighted by atomic mass is 79.9. The monoisotopic (exact) mass is 404 g/mol. The molecule has 1 N–H and O–H groups in total. The lowest BCUT2D eigenvalue weighted by Crippen LogP contribution is -2.12. The first-order valence-corrected chi connectivity index (χ1v) is 7.83. The Kier molecular flexibility index (Phi) is 4.03.